The Balaban J connectivity index is 1.64. The predicted molar refractivity (Wildman–Crippen MR) is 107 cm³/mol. The Morgan fingerprint density at radius 3 is 2.70 bits per heavy atom. The molecule has 0 saturated carbocycles. The van der Waals surface area contributed by atoms with Gasteiger partial charge in [0.1, 0.15) is 5.82 Å². The molecule has 1 saturated heterocycles. The van der Waals surface area contributed by atoms with Crippen LogP contribution in [0.1, 0.15) is 30.7 Å². The molecular weight excluding hydrogens is 338 g/mol. The van der Waals surface area contributed by atoms with Crippen molar-refractivity contribution in [3.8, 4) is 0 Å². The SMILES string of the molecule is CCOCCn1c(C2CC(=O)N(c3ccc(C)cc3)C2)nc2ccccc21. The molecule has 0 aliphatic carbocycles. The first kappa shape index (κ1) is 17.7. The number of nitrogens with zero attached hydrogens (tertiary/aromatic N) is 3. The summed E-state index contributed by atoms with van der Waals surface area (Å²) >= 11 is 0. The van der Waals surface area contributed by atoms with Crippen LogP contribution in [0.25, 0.3) is 11.0 Å². The van der Waals surface area contributed by atoms with Crippen molar-refractivity contribution in [2.45, 2.75) is 32.7 Å². The Labute approximate surface area is 159 Å². The van der Waals surface area contributed by atoms with Gasteiger partial charge in [-0.15, -0.1) is 0 Å². The second-order valence-electron chi connectivity index (χ2n) is 7.05. The van der Waals surface area contributed by atoms with Gasteiger partial charge in [0.05, 0.1) is 17.6 Å². The lowest BCUT2D eigenvalue weighted by molar-refractivity contribution is -0.117. The minimum Gasteiger partial charge on any atom is -0.380 e. The van der Waals surface area contributed by atoms with Gasteiger partial charge in [0.2, 0.25) is 5.91 Å². The van der Waals surface area contributed by atoms with E-state index in [2.05, 4.69) is 17.6 Å². The molecule has 27 heavy (non-hydrogen) atoms. The molecule has 1 unspecified atom stereocenters. The lowest BCUT2D eigenvalue weighted by atomic mass is 10.1. The highest BCUT2D eigenvalue weighted by Crippen LogP contribution is 2.33. The summed E-state index contributed by atoms with van der Waals surface area (Å²) in [6.07, 6.45) is 0.492. The second kappa shape index (κ2) is 7.53. The van der Waals surface area contributed by atoms with Crippen molar-refractivity contribution in [1.82, 2.24) is 9.55 Å². The van der Waals surface area contributed by atoms with Crippen LogP contribution in [0.4, 0.5) is 5.69 Å². The van der Waals surface area contributed by atoms with Crippen LogP contribution in [0.15, 0.2) is 48.5 Å². The number of fused-ring (bicyclic) bond motifs is 1. The zero-order valence-corrected chi connectivity index (χ0v) is 15.9. The average molecular weight is 363 g/mol. The molecule has 0 bridgehead atoms. The maximum absolute atomic E-state index is 12.7. The molecule has 3 aromatic rings. The predicted octanol–water partition coefficient (Wildman–Crippen LogP) is 3.90. The summed E-state index contributed by atoms with van der Waals surface area (Å²) in [6, 6.07) is 16.3. The normalized spacial score (nSPS) is 17.2. The molecule has 1 amide bonds. The quantitative estimate of drug-likeness (QED) is 0.624. The highest BCUT2D eigenvalue weighted by atomic mass is 16.5. The summed E-state index contributed by atoms with van der Waals surface area (Å²) in [7, 11) is 0. The van der Waals surface area contributed by atoms with Gasteiger partial charge in [0.15, 0.2) is 0 Å². The van der Waals surface area contributed by atoms with Gasteiger partial charge in [-0.1, -0.05) is 29.8 Å². The van der Waals surface area contributed by atoms with Gasteiger partial charge in [-0.05, 0) is 38.1 Å². The summed E-state index contributed by atoms with van der Waals surface area (Å²) in [5, 5.41) is 0. The Morgan fingerprint density at radius 2 is 1.93 bits per heavy atom. The number of carbonyl (C=O) groups is 1. The minimum absolute atomic E-state index is 0.0906. The van der Waals surface area contributed by atoms with Crippen LogP contribution in [0.3, 0.4) is 0 Å². The highest BCUT2D eigenvalue weighted by Gasteiger charge is 2.34. The fraction of sp³-hybridized carbons (Fsp3) is 0.364. The molecule has 0 N–H and O–H groups in total. The van der Waals surface area contributed by atoms with Gasteiger partial charge in [-0.3, -0.25) is 4.79 Å². The molecule has 5 heteroatoms. The maximum Gasteiger partial charge on any atom is 0.227 e. The van der Waals surface area contributed by atoms with Crippen LogP contribution in [0.5, 0.6) is 0 Å². The van der Waals surface area contributed by atoms with Crippen LogP contribution >= 0.6 is 0 Å². The van der Waals surface area contributed by atoms with Crippen molar-refractivity contribution in [3.05, 3.63) is 59.9 Å². The van der Waals surface area contributed by atoms with Gasteiger partial charge in [0, 0.05) is 37.7 Å². The Morgan fingerprint density at radius 1 is 1.15 bits per heavy atom. The fourth-order valence-corrected chi connectivity index (χ4v) is 3.80. The van der Waals surface area contributed by atoms with Gasteiger partial charge in [-0.25, -0.2) is 4.98 Å². The van der Waals surface area contributed by atoms with Crippen molar-refractivity contribution in [2.75, 3.05) is 24.7 Å². The van der Waals surface area contributed by atoms with E-state index in [1.54, 1.807) is 0 Å². The van der Waals surface area contributed by atoms with Gasteiger partial charge < -0.3 is 14.2 Å². The maximum atomic E-state index is 12.7. The van der Waals surface area contributed by atoms with Crippen molar-refractivity contribution in [2.24, 2.45) is 0 Å². The third-order valence-electron chi connectivity index (χ3n) is 5.18. The number of aromatic nitrogens is 2. The van der Waals surface area contributed by atoms with E-state index in [0.29, 0.717) is 26.2 Å². The third kappa shape index (κ3) is 3.47. The minimum atomic E-state index is 0.0906. The molecule has 0 spiro atoms. The van der Waals surface area contributed by atoms with Crippen LogP contribution in [0.2, 0.25) is 0 Å². The number of imidazole rings is 1. The van der Waals surface area contributed by atoms with Gasteiger partial charge in [0.25, 0.3) is 0 Å². The number of carbonyl (C=O) groups excluding carboxylic acids is 1. The van der Waals surface area contributed by atoms with Crippen LogP contribution in [-0.2, 0) is 16.1 Å². The number of rotatable bonds is 6. The number of hydrogen-bond acceptors (Lipinski definition) is 3. The Bertz CT molecular complexity index is 946. The van der Waals surface area contributed by atoms with Crippen LogP contribution in [0, 0.1) is 6.92 Å². The van der Waals surface area contributed by atoms with E-state index in [0.717, 1.165) is 29.1 Å². The lowest BCUT2D eigenvalue weighted by Crippen LogP contribution is -2.24. The van der Waals surface area contributed by atoms with Crippen molar-refractivity contribution >= 4 is 22.6 Å². The summed E-state index contributed by atoms with van der Waals surface area (Å²) in [6.45, 7) is 6.82. The fourth-order valence-electron chi connectivity index (χ4n) is 3.80. The molecule has 1 fully saturated rings. The van der Waals surface area contributed by atoms with E-state index in [1.807, 2.05) is 54.3 Å². The number of ether oxygens (including phenoxy) is 1. The number of anilines is 1. The molecule has 1 aliphatic rings. The van der Waals surface area contributed by atoms with E-state index >= 15 is 0 Å². The summed E-state index contributed by atoms with van der Waals surface area (Å²) < 4.78 is 7.79. The molecule has 1 aliphatic heterocycles. The standard InChI is InChI=1S/C22H25N3O2/c1-3-27-13-12-24-20-7-5-4-6-19(20)23-22(24)17-14-21(26)25(15-17)18-10-8-16(2)9-11-18/h4-11,17H,3,12-15H2,1-2H3. The smallest absolute Gasteiger partial charge is 0.227 e. The average Bonchev–Trinajstić information content (AvgIpc) is 3.24. The highest BCUT2D eigenvalue weighted by molar-refractivity contribution is 5.96. The first-order valence-electron chi connectivity index (χ1n) is 9.57. The van der Waals surface area contributed by atoms with Gasteiger partial charge in [-0.2, -0.15) is 0 Å². The van der Waals surface area contributed by atoms with Crippen LogP contribution < -0.4 is 4.90 Å². The van der Waals surface area contributed by atoms with Gasteiger partial charge >= 0.3 is 0 Å². The number of aryl methyl sites for hydroxylation is 1. The monoisotopic (exact) mass is 363 g/mol. The second-order valence-corrected chi connectivity index (χ2v) is 7.05. The zero-order valence-electron chi connectivity index (χ0n) is 15.9. The van der Waals surface area contributed by atoms with E-state index in [1.165, 1.54) is 5.56 Å². The van der Waals surface area contributed by atoms with E-state index in [9.17, 15) is 4.79 Å². The topological polar surface area (TPSA) is 47.4 Å². The molecule has 140 valence electrons. The molecule has 4 rings (SSSR count). The Hall–Kier alpha value is -2.66. The first-order valence-corrected chi connectivity index (χ1v) is 9.57. The number of para-hydroxylation sites is 2. The largest absolute Gasteiger partial charge is 0.380 e. The molecule has 1 atom stereocenters. The molecule has 2 aromatic carbocycles. The number of amides is 1. The van der Waals surface area contributed by atoms with Crippen molar-refractivity contribution in [1.29, 1.82) is 0 Å². The van der Waals surface area contributed by atoms with Crippen LogP contribution in [-0.4, -0.2) is 35.2 Å². The van der Waals surface area contributed by atoms with E-state index < -0.39 is 0 Å². The molecule has 1 aromatic heterocycles. The van der Waals surface area contributed by atoms with Crippen molar-refractivity contribution < 1.29 is 9.53 Å². The molecule has 2 heterocycles. The summed E-state index contributed by atoms with van der Waals surface area (Å²) in [5.41, 5.74) is 4.24. The first-order chi connectivity index (χ1) is 13.2. The third-order valence-corrected chi connectivity index (χ3v) is 5.18. The summed E-state index contributed by atoms with van der Waals surface area (Å²) in [4.78, 5) is 19.5. The van der Waals surface area contributed by atoms with Crippen molar-refractivity contribution in [3.63, 3.8) is 0 Å². The van der Waals surface area contributed by atoms with E-state index in [4.69, 9.17) is 9.72 Å². The molecular formula is C22H25N3O2. The Kier molecular flexibility index (Phi) is 4.94. The molecule has 5 nitrogen and oxygen atoms in total. The zero-order chi connectivity index (χ0) is 18.8. The van der Waals surface area contributed by atoms with E-state index in [-0.39, 0.29) is 11.8 Å². The number of hydrogen-bond donors (Lipinski definition) is 0. The lowest BCUT2D eigenvalue weighted by Gasteiger charge is -2.17. The number of benzene rings is 2. The summed E-state index contributed by atoms with van der Waals surface area (Å²) in [5.74, 6) is 1.24. The molecule has 0 radical (unpaired) electrons.